The summed E-state index contributed by atoms with van der Waals surface area (Å²) in [7, 11) is 2.18. The normalized spacial score (nSPS) is 21.6. The van der Waals surface area contributed by atoms with Crippen molar-refractivity contribution in [1.82, 2.24) is 4.90 Å². The summed E-state index contributed by atoms with van der Waals surface area (Å²) in [6, 6.07) is 8.85. The molecule has 1 saturated heterocycles. The van der Waals surface area contributed by atoms with Crippen LogP contribution in [0.2, 0.25) is 0 Å². The Morgan fingerprint density at radius 3 is 2.84 bits per heavy atom. The van der Waals surface area contributed by atoms with Crippen LogP contribution in [0.5, 0.6) is 0 Å². The van der Waals surface area contributed by atoms with E-state index in [-0.39, 0.29) is 0 Å². The first kappa shape index (κ1) is 14.5. The van der Waals surface area contributed by atoms with Gasteiger partial charge < -0.3 is 10.5 Å². The zero-order valence-corrected chi connectivity index (χ0v) is 12.1. The molecule has 0 saturated carbocycles. The van der Waals surface area contributed by atoms with Crippen molar-refractivity contribution in [3.8, 4) is 0 Å². The summed E-state index contributed by atoms with van der Waals surface area (Å²) < 4.78 is 5.57. The minimum Gasteiger partial charge on any atom is -0.381 e. The fourth-order valence-electron chi connectivity index (χ4n) is 2.99. The average Bonchev–Trinajstić information content (AvgIpc) is 2.43. The first-order valence-corrected chi connectivity index (χ1v) is 7.26. The summed E-state index contributed by atoms with van der Waals surface area (Å²) >= 11 is 0. The molecular weight excluding hydrogens is 236 g/mol. The Morgan fingerprint density at radius 1 is 1.42 bits per heavy atom. The summed E-state index contributed by atoms with van der Waals surface area (Å²) in [6.07, 6.45) is 2.46. The minimum atomic E-state index is 0.308. The quantitative estimate of drug-likeness (QED) is 0.885. The van der Waals surface area contributed by atoms with Gasteiger partial charge in [0.25, 0.3) is 0 Å². The van der Waals surface area contributed by atoms with Crippen molar-refractivity contribution in [1.29, 1.82) is 0 Å². The molecule has 0 spiro atoms. The Hall–Kier alpha value is -0.900. The van der Waals surface area contributed by atoms with E-state index >= 15 is 0 Å². The summed E-state index contributed by atoms with van der Waals surface area (Å²) in [5, 5.41) is 0. The number of likely N-dealkylation sites (N-methyl/N-ethyl adjacent to an activating group) is 1. The Balaban J connectivity index is 2.02. The highest BCUT2D eigenvalue weighted by Gasteiger charge is 2.22. The molecule has 1 heterocycles. The Morgan fingerprint density at radius 2 is 2.21 bits per heavy atom. The second kappa shape index (κ2) is 7.04. The van der Waals surface area contributed by atoms with E-state index in [1.54, 1.807) is 0 Å². The summed E-state index contributed by atoms with van der Waals surface area (Å²) in [5.41, 5.74) is 8.68. The van der Waals surface area contributed by atoms with Gasteiger partial charge in [-0.3, -0.25) is 4.90 Å². The molecule has 1 fully saturated rings. The molecular formula is C16H26N2O. The van der Waals surface area contributed by atoms with Crippen LogP contribution in [-0.4, -0.2) is 38.3 Å². The monoisotopic (exact) mass is 262 g/mol. The zero-order valence-electron chi connectivity index (χ0n) is 12.1. The van der Waals surface area contributed by atoms with E-state index in [0.29, 0.717) is 18.5 Å². The fourth-order valence-corrected chi connectivity index (χ4v) is 2.99. The van der Waals surface area contributed by atoms with Crippen molar-refractivity contribution in [2.75, 3.05) is 33.4 Å². The molecule has 1 aliphatic rings. The van der Waals surface area contributed by atoms with Crippen molar-refractivity contribution >= 4 is 0 Å². The van der Waals surface area contributed by atoms with E-state index in [4.69, 9.17) is 10.5 Å². The lowest BCUT2D eigenvalue weighted by Crippen LogP contribution is -2.37. The summed E-state index contributed by atoms with van der Waals surface area (Å²) in [4.78, 5) is 2.39. The first-order valence-electron chi connectivity index (χ1n) is 7.26. The molecule has 3 heteroatoms. The molecule has 2 unspecified atom stereocenters. The van der Waals surface area contributed by atoms with E-state index in [2.05, 4.69) is 43.1 Å². The van der Waals surface area contributed by atoms with Gasteiger partial charge in [-0.2, -0.15) is 0 Å². The van der Waals surface area contributed by atoms with Gasteiger partial charge in [-0.15, -0.1) is 0 Å². The summed E-state index contributed by atoms with van der Waals surface area (Å²) in [6.45, 7) is 5.72. The van der Waals surface area contributed by atoms with Crippen LogP contribution >= 0.6 is 0 Å². The van der Waals surface area contributed by atoms with Gasteiger partial charge in [0.15, 0.2) is 0 Å². The smallest absolute Gasteiger partial charge is 0.0506 e. The molecule has 0 aromatic heterocycles. The van der Waals surface area contributed by atoms with E-state index in [1.807, 2.05) is 0 Å². The Bertz CT molecular complexity index is 388. The van der Waals surface area contributed by atoms with Crippen LogP contribution in [0.15, 0.2) is 24.3 Å². The molecule has 0 radical (unpaired) electrons. The Kier molecular flexibility index (Phi) is 5.37. The van der Waals surface area contributed by atoms with E-state index in [1.165, 1.54) is 24.0 Å². The maximum atomic E-state index is 6.01. The van der Waals surface area contributed by atoms with Gasteiger partial charge in [-0.25, -0.2) is 0 Å². The van der Waals surface area contributed by atoms with Gasteiger partial charge in [-0.1, -0.05) is 24.3 Å². The van der Waals surface area contributed by atoms with E-state index in [9.17, 15) is 0 Å². The molecule has 106 valence electrons. The predicted octanol–water partition coefficient (Wildman–Crippen LogP) is 2.35. The molecule has 1 aliphatic heterocycles. The van der Waals surface area contributed by atoms with Crippen molar-refractivity contribution in [3.05, 3.63) is 35.4 Å². The molecule has 2 atom stereocenters. The maximum absolute atomic E-state index is 6.01. The van der Waals surface area contributed by atoms with Gasteiger partial charge in [0.05, 0.1) is 6.61 Å². The van der Waals surface area contributed by atoms with Crippen molar-refractivity contribution in [2.45, 2.75) is 25.8 Å². The molecule has 0 bridgehead atoms. The molecule has 0 amide bonds. The molecule has 1 aromatic carbocycles. The molecule has 1 aromatic rings. The van der Waals surface area contributed by atoms with Crippen LogP contribution in [0.4, 0.5) is 0 Å². The number of hydrogen-bond acceptors (Lipinski definition) is 3. The number of rotatable bonds is 5. The second-order valence-electron chi connectivity index (χ2n) is 5.63. The van der Waals surface area contributed by atoms with Crippen molar-refractivity contribution < 1.29 is 4.74 Å². The predicted molar refractivity (Wildman–Crippen MR) is 79.1 cm³/mol. The van der Waals surface area contributed by atoms with Crippen molar-refractivity contribution in [3.63, 3.8) is 0 Å². The number of nitrogens with two attached hydrogens (primary N) is 1. The van der Waals surface area contributed by atoms with Gasteiger partial charge in [0.1, 0.15) is 0 Å². The number of hydrogen-bond donors (Lipinski definition) is 1. The molecule has 2 rings (SSSR count). The average molecular weight is 262 g/mol. The number of nitrogens with zero attached hydrogens (tertiary/aromatic N) is 1. The molecule has 3 nitrogen and oxygen atoms in total. The second-order valence-corrected chi connectivity index (χ2v) is 5.63. The van der Waals surface area contributed by atoms with Crippen molar-refractivity contribution in [2.24, 2.45) is 11.7 Å². The number of ether oxygens (including phenoxy) is 1. The summed E-state index contributed by atoms with van der Waals surface area (Å²) in [5.74, 6) is 0.650. The van der Waals surface area contributed by atoms with Crippen LogP contribution in [0.3, 0.4) is 0 Å². The Labute approximate surface area is 116 Å². The van der Waals surface area contributed by atoms with Gasteiger partial charge in [0.2, 0.25) is 0 Å². The van der Waals surface area contributed by atoms with Crippen LogP contribution < -0.4 is 5.73 Å². The zero-order chi connectivity index (χ0) is 13.7. The third kappa shape index (κ3) is 3.78. The molecule has 2 N–H and O–H groups in total. The molecule has 0 aliphatic carbocycles. The van der Waals surface area contributed by atoms with Crippen LogP contribution in [0, 0.1) is 12.8 Å². The lowest BCUT2D eigenvalue weighted by Gasteiger charge is -2.33. The van der Waals surface area contributed by atoms with E-state index < -0.39 is 0 Å². The van der Waals surface area contributed by atoms with Crippen LogP contribution in [0.25, 0.3) is 0 Å². The van der Waals surface area contributed by atoms with Crippen LogP contribution in [0.1, 0.15) is 30.0 Å². The van der Waals surface area contributed by atoms with Gasteiger partial charge in [-0.05, 0) is 43.9 Å². The largest absolute Gasteiger partial charge is 0.381 e. The van der Waals surface area contributed by atoms with Gasteiger partial charge in [0, 0.05) is 25.7 Å². The molecule has 19 heavy (non-hydrogen) atoms. The van der Waals surface area contributed by atoms with E-state index in [0.717, 1.165) is 19.8 Å². The highest BCUT2D eigenvalue weighted by molar-refractivity contribution is 5.29. The lowest BCUT2D eigenvalue weighted by molar-refractivity contribution is 0.0365. The third-order valence-electron chi connectivity index (χ3n) is 4.10. The first-order chi connectivity index (χ1) is 9.22. The number of aryl methyl sites for hydroxylation is 1. The van der Waals surface area contributed by atoms with Crippen LogP contribution in [-0.2, 0) is 4.74 Å². The fraction of sp³-hybridized carbons (Fsp3) is 0.625. The standard InChI is InChI=1S/C16H26N2O/c1-13-6-3-4-8-15(13)16(10-17)18(2)11-14-7-5-9-19-12-14/h3-4,6,8,14,16H,5,7,9-12,17H2,1-2H3. The SMILES string of the molecule is Cc1ccccc1C(CN)N(C)CC1CCCOC1. The van der Waals surface area contributed by atoms with Gasteiger partial charge >= 0.3 is 0 Å². The third-order valence-corrected chi connectivity index (χ3v) is 4.10. The highest BCUT2D eigenvalue weighted by Crippen LogP contribution is 2.24. The minimum absolute atomic E-state index is 0.308. The number of benzene rings is 1. The maximum Gasteiger partial charge on any atom is 0.0506 e. The highest BCUT2D eigenvalue weighted by atomic mass is 16.5. The lowest BCUT2D eigenvalue weighted by atomic mass is 9.97. The topological polar surface area (TPSA) is 38.5 Å².